The number of amides is 1. The lowest BCUT2D eigenvalue weighted by Crippen LogP contribution is -2.49. The monoisotopic (exact) mass is 444 g/mol. The molecule has 3 heterocycles. The minimum Gasteiger partial charge on any atom is -0.547 e. The Balaban J connectivity index is 1.56. The Morgan fingerprint density at radius 2 is 1.97 bits per heavy atom. The molecule has 2 fully saturated rings. The van der Waals surface area contributed by atoms with E-state index in [1.165, 1.54) is 0 Å². The Kier molecular flexibility index (Phi) is 5.42. The second-order valence-electron chi connectivity index (χ2n) is 10.1. The van der Waals surface area contributed by atoms with Crippen LogP contribution in [0.3, 0.4) is 0 Å². The number of ether oxygens (including phenoxy) is 2. The number of hydrogen-bond acceptors (Lipinski definition) is 6. The number of carbonyl (C=O) groups excluding carboxylic acids is 2. The van der Waals surface area contributed by atoms with E-state index in [0.717, 1.165) is 11.3 Å². The lowest BCUT2D eigenvalue weighted by Gasteiger charge is -2.40. The molecule has 8 heteroatoms. The number of carbonyl (C=O) groups is 2. The molecule has 4 rings (SSSR count). The zero-order valence-corrected chi connectivity index (χ0v) is 20.0. The molecule has 0 bridgehead atoms. The lowest BCUT2D eigenvalue weighted by molar-refractivity contribution is -0.150. The van der Waals surface area contributed by atoms with Gasteiger partial charge >= 0.3 is 12.1 Å². The Morgan fingerprint density at radius 1 is 1.26 bits per heavy atom. The largest absolute Gasteiger partial charge is 0.547 e. The minimum atomic E-state index is -2.10. The fraction of sp³-hybridized carbons (Fsp3) is 0.565. The zero-order valence-electron chi connectivity index (χ0n) is 19.0. The van der Waals surface area contributed by atoms with Crippen LogP contribution in [-0.2, 0) is 25.3 Å². The standard InChI is InChI=1S/C23H32N2O5Si/c1-22(2,3)31(4,5)30-18-13-19(24-11-12-28-21(24)27)25-16-23(25,14-18)20(26)29-15-17-9-7-6-8-10-17/h6-10,13,19H,11-12,14-16H2,1-5H3/t19-,23+,25?/m0/s1. The molecule has 3 aliphatic heterocycles. The summed E-state index contributed by atoms with van der Waals surface area (Å²) in [6.45, 7) is 12.6. The van der Waals surface area contributed by atoms with Crippen molar-refractivity contribution in [2.45, 2.75) is 63.6 Å². The van der Waals surface area contributed by atoms with Crippen molar-refractivity contribution in [3.8, 4) is 0 Å². The van der Waals surface area contributed by atoms with E-state index in [1.807, 2.05) is 41.3 Å². The van der Waals surface area contributed by atoms with Crippen molar-refractivity contribution in [1.82, 2.24) is 9.80 Å². The molecule has 1 aromatic carbocycles. The predicted molar refractivity (Wildman–Crippen MR) is 118 cm³/mol. The van der Waals surface area contributed by atoms with Gasteiger partial charge in [-0.2, -0.15) is 0 Å². The van der Waals surface area contributed by atoms with Crippen LogP contribution in [0.1, 0.15) is 32.8 Å². The van der Waals surface area contributed by atoms with Crippen LogP contribution in [0.5, 0.6) is 0 Å². The Labute approximate surface area is 185 Å². The van der Waals surface area contributed by atoms with Crippen LogP contribution in [-0.4, -0.2) is 61.6 Å². The molecule has 0 aliphatic carbocycles. The fourth-order valence-electron chi connectivity index (χ4n) is 3.92. The number of esters is 1. The number of nitrogens with zero attached hydrogens (tertiary/aromatic N) is 2. The van der Waals surface area contributed by atoms with Crippen LogP contribution in [0.15, 0.2) is 42.2 Å². The molecule has 0 spiro atoms. The van der Waals surface area contributed by atoms with Crippen LogP contribution in [0.25, 0.3) is 0 Å². The smallest absolute Gasteiger partial charge is 0.411 e. The van der Waals surface area contributed by atoms with E-state index in [9.17, 15) is 9.59 Å². The summed E-state index contributed by atoms with van der Waals surface area (Å²) in [6, 6.07) is 9.66. The first-order valence-electron chi connectivity index (χ1n) is 10.8. The highest BCUT2D eigenvalue weighted by Gasteiger charge is 2.66. The SMILES string of the molecule is CC(C)(C)[Si](C)(C)OC1=C[C@@H](N2CCOC2=O)N2C[C@@]2(C(=O)OCc2ccccc2)C1. The number of hydrogen-bond donors (Lipinski definition) is 0. The van der Waals surface area contributed by atoms with Crippen molar-refractivity contribution in [1.29, 1.82) is 0 Å². The fourth-order valence-corrected chi connectivity index (χ4v) is 5.02. The molecule has 1 amide bonds. The van der Waals surface area contributed by atoms with Crippen LogP contribution >= 0.6 is 0 Å². The van der Waals surface area contributed by atoms with Crippen molar-refractivity contribution >= 4 is 20.4 Å². The maximum atomic E-state index is 13.2. The van der Waals surface area contributed by atoms with E-state index in [-0.39, 0.29) is 29.9 Å². The minimum absolute atomic E-state index is 0.0254. The third-order valence-electron chi connectivity index (χ3n) is 6.90. The van der Waals surface area contributed by atoms with E-state index < -0.39 is 13.9 Å². The number of cyclic esters (lactones) is 1. The van der Waals surface area contributed by atoms with E-state index in [0.29, 0.717) is 26.1 Å². The second kappa shape index (κ2) is 7.67. The van der Waals surface area contributed by atoms with Gasteiger partial charge in [0.2, 0.25) is 8.32 Å². The number of rotatable bonds is 6. The normalized spacial score (nSPS) is 27.8. The zero-order chi connectivity index (χ0) is 22.4. The maximum absolute atomic E-state index is 13.2. The third-order valence-corrected chi connectivity index (χ3v) is 11.3. The molecule has 1 unspecified atom stereocenters. The van der Waals surface area contributed by atoms with Crippen molar-refractivity contribution in [2.24, 2.45) is 0 Å². The van der Waals surface area contributed by atoms with E-state index in [2.05, 4.69) is 33.9 Å². The summed E-state index contributed by atoms with van der Waals surface area (Å²) >= 11 is 0. The molecule has 0 saturated carbocycles. The first kappa shape index (κ1) is 21.9. The quantitative estimate of drug-likeness (QED) is 0.377. The topological polar surface area (TPSA) is 68.1 Å². The molecule has 168 valence electrons. The number of fused-ring (bicyclic) bond motifs is 1. The molecular weight excluding hydrogens is 412 g/mol. The molecule has 0 N–H and O–H groups in total. The highest BCUT2D eigenvalue weighted by molar-refractivity contribution is 6.74. The summed E-state index contributed by atoms with van der Waals surface area (Å²) in [5, 5.41) is 0.0254. The van der Waals surface area contributed by atoms with Crippen LogP contribution in [0, 0.1) is 0 Å². The van der Waals surface area contributed by atoms with Gasteiger partial charge < -0.3 is 13.9 Å². The Morgan fingerprint density at radius 3 is 2.58 bits per heavy atom. The second-order valence-corrected chi connectivity index (χ2v) is 14.8. The molecule has 7 nitrogen and oxygen atoms in total. The molecule has 1 aromatic rings. The van der Waals surface area contributed by atoms with Gasteiger partial charge in [0.05, 0.1) is 12.3 Å². The van der Waals surface area contributed by atoms with Crippen LogP contribution < -0.4 is 0 Å². The predicted octanol–water partition coefficient (Wildman–Crippen LogP) is 3.87. The summed E-state index contributed by atoms with van der Waals surface area (Å²) < 4.78 is 17.5. The molecule has 2 saturated heterocycles. The average molecular weight is 445 g/mol. The average Bonchev–Trinajstić information content (AvgIpc) is 3.30. The summed E-state index contributed by atoms with van der Waals surface area (Å²) in [5.74, 6) is 0.514. The van der Waals surface area contributed by atoms with Gasteiger partial charge in [0.25, 0.3) is 0 Å². The summed E-state index contributed by atoms with van der Waals surface area (Å²) in [4.78, 5) is 29.2. The van der Waals surface area contributed by atoms with Crippen molar-refractivity contribution in [2.75, 3.05) is 19.7 Å². The van der Waals surface area contributed by atoms with Crippen molar-refractivity contribution in [3.05, 3.63) is 47.7 Å². The molecule has 3 atom stereocenters. The molecule has 0 radical (unpaired) electrons. The van der Waals surface area contributed by atoms with E-state index >= 15 is 0 Å². The number of benzene rings is 1. The van der Waals surface area contributed by atoms with Gasteiger partial charge in [0.15, 0.2) is 0 Å². The van der Waals surface area contributed by atoms with Crippen LogP contribution in [0.4, 0.5) is 4.79 Å². The van der Waals surface area contributed by atoms with Gasteiger partial charge in [-0.25, -0.2) is 9.59 Å². The van der Waals surface area contributed by atoms with Crippen LogP contribution in [0.2, 0.25) is 18.1 Å². The molecule has 3 aliphatic rings. The Hall–Kier alpha value is -2.32. The summed E-state index contributed by atoms with van der Waals surface area (Å²) in [7, 11) is -2.10. The summed E-state index contributed by atoms with van der Waals surface area (Å²) in [6.07, 6.45) is 1.75. The van der Waals surface area contributed by atoms with Gasteiger partial charge in [-0.1, -0.05) is 51.1 Å². The van der Waals surface area contributed by atoms with Crippen molar-refractivity contribution in [3.63, 3.8) is 0 Å². The molecule has 31 heavy (non-hydrogen) atoms. The van der Waals surface area contributed by atoms with E-state index in [4.69, 9.17) is 13.9 Å². The van der Waals surface area contributed by atoms with E-state index in [1.54, 1.807) is 4.90 Å². The third kappa shape index (κ3) is 4.10. The van der Waals surface area contributed by atoms with Crippen molar-refractivity contribution < 1.29 is 23.5 Å². The molecular formula is C23H32N2O5Si. The van der Waals surface area contributed by atoms with Gasteiger partial charge in [-0.3, -0.25) is 9.80 Å². The Bertz CT molecular complexity index is 895. The first-order chi connectivity index (χ1) is 14.5. The van der Waals surface area contributed by atoms with Gasteiger partial charge in [-0.15, -0.1) is 0 Å². The maximum Gasteiger partial charge on any atom is 0.411 e. The lowest BCUT2D eigenvalue weighted by atomic mass is 10.0. The van der Waals surface area contributed by atoms with Gasteiger partial charge in [0.1, 0.15) is 24.9 Å². The van der Waals surface area contributed by atoms with Gasteiger partial charge in [-0.05, 0) is 29.8 Å². The summed E-state index contributed by atoms with van der Waals surface area (Å²) in [5.41, 5.74) is 0.164. The first-order valence-corrected chi connectivity index (χ1v) is 13.8. The van der Waals surface area contributed by atoms with Gasteiger partial charge in [0, 0.05) is 13.0 Å². The molecule has 0 aromatic heterocycles. The highest BCUT2D eigenvalue weighted by atomic mass is 28.4. The highest BCUT2D eigenvalue weighted by Crippen LogP contribution is 2.49.